The van der Waals surface area contributed by atoms with Gasteiger partial charge in [0.1, 0.15) is 0 Å². The predicted molar refractivity (Wildman–Crippen MR) is 97.9 cm³/mol. The van der Waals surface area contributed by atoms with Crippen LogP contribution in [0.4, 0.5) is 0 Å². The summed E-state index contributed by atoms with van der Waals surface area (Å²) in [6, 6.07) is 14.3. The monoisotopic (exact) mass is 322 g/mol. The van der Waals surface area contributed by atoms with Crippen molar-refractivity contribution in [1.82, 2.24) is 4.90 Å². The third-order valence-electron chi connectivity index (χ3n) is 5.21. The minimum absolute atomic E-state index is 0.129. The van der Waals surface area contributed by atoms with Crippen molar-refractivity contribution >= 4 is 5.91 Å². The molecule has 3 nitrogen and oxygen atoms in total. The molecule has 1 amide bonds. The lowest BCUT2D eigenvalue weighted by molar-refractivity contribution is 0.0611. The van der Waals surface area contributed by atoms with Gasteiger partial charge in [-0.25, -0.2) is 0 Å². The van der Waals surface area contributed by atoms with Crippen LogP contribution in [0.25, 0.3) is 0 Å². The summed E-state index contributed by atoms with van der Waals surface area (Å²) in [4.78, 5) is 15.1. The SMILES string of the molecule is Cc1cccc(C2CCCCN2C(=O)c2ccc(CN)cc2)c1C. The molecule has 1 fully saturated rings. The molecular formula is C21H26N2O. The molecule has 24 heavy (non-hydrogen) atoms. The lowest BCUT2D eigenvalue weighted by Gasteiger charge is -2.37. The standard InChI is InChI=1S/C21H26N2O/c1-15-6-5-7-19(16(15)2)20-8-3-4-13-23(20)21(24)18-11-9-17(14-22)10-12-18/h5-7,9-12,20H,3-4,8,13-14,22H2,1-2H3. The van der Waals surface area contributed by atoms with Crippen LogP contribution in [-0.2, 0) is 6.54 Å². The number of hydrogen-bond acceptors (Lipinski definition) is 2. The van der Waals surface area contributed by atoms with E-state index in [1.54, 1.807) is 0 Å². The molecule has 1 heterocycles. The first-order chi connectivity index (χ1) is 11.6. The van der Waals surface area contributed by atoms with Crippen molar-refractivity contribution in [2.75, 3.05) is 6.54 Å². The van der Waals surface area contributed by atoms with E-state index in [-0.39, 0.29) is 11.9 Å². The Labute approximate surface area is 144 Å². The lowest BCUT2D eigenvalue weighted by atomic mass is 9.90. The number of hydrogen-bond donors (Lipinski definition) is 1. The number of aryl methyl sites for hydroxylation is 1. The van der Waals surface area contributed by atoms with Gasteiger partial charge in [0.2, 0.25) is 0 Å². The van der Waals surface area contributed by atoms with E-state index in [2.05, 4.69) is 36.9 Å². The first-order valence-corrected chi connectivity index (χ1v) is 8.78. The minimum atomic E-state index is 0.129. The summed E-state index contributed by atoms with van der Waals surface area (Å²) in [6.45, 7) is 5.64. The van der Waals surface area contributed by atoms with E-state index in [1.165, 1.54) is 23.1 Å². The highest BCUT2D eigenvalue weighted by molar-refractivity contribution is 5.94. The molecule has 0 spiro atoms. The second kappa shape index (κ2) is 7.18. The van der Waals surface area contributed by atoms with Gasteiger partial charge in [-0.1, -0.05) is 30.3 Å². The van der Waals surface area contributed by atoms with Crippen LogP contribution < -0.4 is 5.73 Å². The Morgan fingerprint density at radius 2 is 1.88 bits per heavy atom. The summed E-state index contributed by atoms with van der Waals surface area (Å²) in [6.07, 6.45) is 3.29. The molecule has 1 aliphatic heterocycles. The fourth-order valence-corrected chi connectivity index (χ4v) is 3.58. The lowest BCUT2D eigenvalue weighted by Crippen LogP contribution is -2.38. The van der Waals surface area contributed by atoms with Crippen molar-refractivity contribution in [1.29, 1.82) is 0 Å². The topological polar surface area (TPSA) is 46.3 Å². The molecule has 3 rings (SSSR count). The zero-order valence-electron chi connectivity index (χ0n) is 14.6. The Kier molecular flexibility index (Phi) is 5.00. The van der Waals surface area contributed by atoms with Crippen LogP contribution in [0.15, 0.2) is 42.5 Å². The Bertz CT molecular complexity index is 721. The normalized spacial score (nSPS) is 17.8. The minimum Gasteiger partial charge on any atom is -0.332 e. The van der Waals surface area contributed by atoms with Gasteiger partial charge in [0.05, 0.1) is 6.04 Å². The van der Waals surface area contributed by atoms with Crippen LogP contribution >= 0.6 is 0 Å². The van der Waals surface area contributed by atoms with Crippen molar-refractivity contribution in [3.8, 4) is 0 Å². The molecule has 0 radical (unpaired) electrons. The molecule has 1 aliphatic rings. The average molecular weight is 322 g/mol. The molecule has 2 aromatic rings. The summed E-state index contributed by atoms with van der Waals surface area (Å²) >= 11 is 0. The van der Waals surface area contributed by atoms with Gasteiger partial charge in [-0.2, -0.15) is 0 Å². The second-order valence-electron chi connectivity index (χ2n) is 6.70. The third kappa shape index (κ3) is 3.22. The fraction of sp³-hybridized carbons (Fsp3) is 0.381. The van der Waals surface area contributed by atoms with Crippen LogP contribution in [0.3, 0.4) is 0 Å². The largest absolute Gasteiger partial charge is 0.332 e. The van der Waals surface area contributed by atoms with E-state index in [1.807, 2.05) is 24.3 Å². The van der Waals surface area contributed by atoms with Crippen LogP contribution in [-0.4, -0.2) is 17.4 Å². The van der Waals surface area contributed by atoms with Crippen molar-refractivity contribution < 1.29 is 4.79 Å². The predicted octanol–water partition coefficient (Wildman–Crippen LogP) is 4.13. The van der Waals surface area contributed by atoms with E-state index in [0.29, 0.717) is 6.54 Å². The maximum absolute atomic E-state index is 13.1. The Morgan fingerprint density at radius 1 is 1.12 bits per heavy atom. The van der Waals surface area contributed by atoms with Crippen LogP contribution in [0, 0.1) is 13.8 Å². The van der Waals surface area contributed by atoms with Crippen molar-refractivity contribution in [2.24, 2.45) is 5.73 Å². The van der Waals surface area contributed by atoms with Crippen LogP contribution in [0.5, 0.6) is 0 Å². The van der Waals surface area contributed by atoms with E-state index in [9.17, 15) is 4.79 Å². The molecule has 1 unspecified atom stereocenters. The fourth-order valence-electron chi connectivity index (χ4n) is 3.58. The Hall–Kier alpha value is -2.13. The average Bonchev–Trinajstić information content (AvgIpc) is 2.63. The molecule has 0 saturated carbocycles. The van der Waals surface area contributed by atoms with Crippen molar-refractivity contribution in [3.63, 3.8) is 0 Å². The molecule has 3 heteroatoms. The number of piperidine rings is 1. The number of likely N-dealkylation sites (tertiary alicyclic amines) is 1. The number of carbonyl (C=O) groups excluding carboxylic acids is 1. The summed E-state index contributed by atoms with van der Waals surface area (Å²) in [5.41, 5.74) is 11.3. The first kappa shape index (κ1) is 16.7. The maximum Gasteiger partial charge on any atom is 0.254 e. The van der Waals surface area contributed by atoms with Gasteiger partial charge >= 0.3 is 0 Å². The molecule has 0 aromatic heterocycles. The maximum atomic E-state index is 13.1. The number of amides is 1. The highest BCUT2D eigenvalue weighted by atomic mass is 16.2. The zero-order valence-corrected chi connectivity index (χ0v) is 14.6. The van der Waals surface area contributed by atoms with Gasteiger partial charge in [-0.3, -0.25) is 4.79 Å². The third-order valence-corrected chi connectivity index (χ3v) is 5.21. The van der Waals surface area contributed by atoms with Crippen LogP contribution in [0.2, 0.25) is 0 Å². The summed E-state index contributed by atoms with van der Waals surface area (Å²) < 4.78 is 0. The zero-order chi connectivity index (χ0) is 17.1. The number of carbonyl (C=O) groups is 1. The molecule has 2 N–H and O–H groups in total. The molecular weight excluding hydrogens is 296 g/mol. The van der Waals surface area contributed by atoms with Gasteiger partial charge in [-0.15, -0.1) is 0 Å². The van der Waals surface area contributed by atoms with E-state index in [4.69, 9.17) is 5.73 Å². The number of nitrogens with two attached hydrogens (primary N) is 1. The molecule has 0 bridgehead atoms. The van der Waals surface area contributed by atoms with E-state index < -0.39 is 0 Å². The number of benzene rings is 2. The van der Waals surface area contributed by atoms with E-state index in [0.717, 1.165) is 30.5 Å². The summed E-state index contributed by atoms with van der Waals surface area (Å²) in [5.74, 6) is 0.129. The van der Waals surface area contributed by atoms with Gasteiger partial charge in [0.15, 0.2) is 0 Å². The molecule has 1 saturated heterocycles. The molecule has 126 valence electrons. The highest BCUT2D eigenvalue weighted by Gasteiger charge is 2.29. The quantitative estimate of drug-likeness (QED) is 0.923. The number of nitrogens with zero attached hydrogens (tertiary/aromatic N) is 1. The van der Waals surface area contributed by atoms with Gasteiger partial charge in [0, 0.05) is 18.7 Å². The smallest absolute Gasteiger partial charge is 0.254 e. The van der Waals surface area contributed by atoms with Crippen molar-refractivity contribution in [2.45, 2.75) is 45.7 Å². The van der Waals surface area contributed by atoms with Crippen LogP contribution in [0.1, 0.15) is 57.9 Å². The Morgan fingerprint density at radius 3 is 2.58 bits per heavy atom. The summed E-state index contributed by atoms with van der Waals surface area (Å²) in [7, 11) is 0. The summed E-state index contributed by atoms with van der Waals surface area (Å²) in [5, 5.41) is 0. The second-order valence-corrected chi connectivity index (χ2v) is 6.70. The van der Waals surface area contributed by atoms with Crippen molar-refractivity contribution in [3.05, 3.63) is 70.3 Å². The highest BCUT2D eigenvalue weighted by Crippen LogP contribution is 2.34. The number of rotatable bonds is 3. The Balaban J connectivity index is 1.91. The van der Waals surface area contributed by atoms with E-state index >= 15 is 0 Å². The molecule has 2 aromatic carbocycles. The first-order valence-electron chi connectivity index (χ1n) is 8.78. The molecule has 1 atom stereocenters. The van der Waals surface area contributed by atoms with Gasteiger partial charge in [-0.05, 0) is 67.5 Å². The van der Waals surface area contributed by atoms with Gasteiger partial charge < -0.3 is 10.6 Å². The molecule has 0 aliphatic carbocycles. The van der Waals surface area contributed by atoms with Gasteiger partial charge in [0.25, 0.3) is 5.91 Å².